The zero-order valence-electron chi connectivity index (χ0n) is 41.3. The summed E-state index contributed by atoms with van der Waals surface area (Å²) in [5, 5.41) is 66.9. The van der Waals surface area contributed by atoms with E-state index in [-0.39, 0.29) is 37.3 Å². The molecular weight excluding hydrogens is 857 g/mol. The van der Waals surface area contributed by atoms with Gasteiger partial charge in [0.05, 0.1) is 41.5 Å². The standard InChI is InChI=1S/C48H84N4O12S/c1-14-36-48(10,58)40(54)32(6)52(23-22-50-45(65)49-21-20-34-18-16-15-17-19-34)27-28(2)25-46(8,57)42(64-44-38(53)35(51(11)12)24-29(3)60-44)30(4)39(31(5)43(56)62-36)63-37-26-47(9,59-13)41(55)33(7)61-37/h15-19,28-33,35-42,44,53-55,57-58H,14,20-27H2,1-13H3,(H2,49,50,65)/t28-,29-,30+,31-,32-,33+,35+,36-,37-,38-,39+,40-,41+,42-,44+,46-,47-,48-/m1/s1. The average Bonchev–Trinajstić information content (AvgIpc) is 3.24. The highest BCUT2D eigenvalue weighted by molar-refractivity contribution is 7.80. The minimum atomic E-state index is -1.89. The molecule has 1 aromatic rings. The van der Waals surface area contributed by atoms with E-state index in [2.05, 4.69) is 22.8 Å². The lowest BCUT2D eigenvalue weighted by molar-refractivity contribution is -0.318. The Hall–Kier alpha value is -2.10. The maximum atomic E-state index is 14.5. The molecule has 0 amide bonds. The quantitative estimate of drug-likeness (QED) is 0.112. The number of aliphatic hydroxyl groups excluding tert-OH is 3. The van der Waals surface area contributed by atoms with Gasteiger partial charge in [0.2, 0.25) is 0 Å². The number of cyclic esters (lactones) is 1. The number of benzene rings is 1. The Morgan fingerprint density at radius 1 is 0.938 bits per heavy atom. The van der Waals surface area contributed by atoms with Crippen LogP contribution in [0, 0.1) is 17.8 Å². The molecule has 3 heterocycles. The molecular formula is C48H84N4O12S. The average molecular weight is 941 g/mol. The Kier molecular flexibility index (Phi) is 20.5. The summed E-state index contributed by atoms with van der Waals surface area (Å²) >= 11 is 5.62. The number of nitrogens with one attached hydrogen (secondary N) is 2. The van der Waals surface area contributed by atoms with Crippen LogP contribution in [-0.4, -0.2) is 184 Å². The normalized spacial score (nSPS) is 41.8. The third kappa shape index (κ3) is 14.2. The summed E-state index contributed by atoms with van der Waals surface area (Å²) in [5.74, 6) is -2.79. The molecule has 65 heavy (non-hydrogen) atoms. The van der Waals surface area contributed by atoms with Crippen LogP contribution in [-0.2, 0) is 39.6 Å². The second-order valence-electron chi connectivity index (χ2n) is 20.1. The third-order valence-corrected chi connectivity index (χ3v) is 14.6. The van der Waals surface area contributed by atoms with Crippen LogP contribution >= 0.6 is 12.2 Å². The van der Waals surface area contributed by atoms with Gasteiger partial charge in [-0.3, -0.25) is 9.69 Å². The van der Waals surface area contributed by atoms with E-state index in [1.807, 2.05) is 69.8 Å². The third-order valence-electron chi connectivity index (χ3n) is 14.3. The van der Waals surface area contributed by atoms with Crippen molar-refractivity contribution < 1.29 is 58.7 Å². The van der Waals surface area contributed by atoms with E-state index >= 15 is 0 Å². The summed E-state index contributed by atoms with van der Waals surface area (Å²) in [7, 11) is 5.28. The number of carbonyl (C=O) groups excluding carboxylic acids is 1. The predicted molar refractivity (Wildman–Crippen MR) is 252 cm³/mol. The van der Waals surface area contributed by atoms with Gasteiger partial charge in [0, 0.05) is 57.7 Å². The van der Waals surface area contributed by atoms with Gasteiger partial charge < -0.3 is 69.5 Å². The van der Waals surface area contributed by atoms with Crippen molar-refractivity contribution in [2.24, 2.45) is 17.8 Å². The molecule has 3 aliphatic heterocycles. The number of likely N-dealkylation sites (N-methyl/N-ethyl adjacent to an activating group) is 1. The molecule has 7 N–H and O–H groups in total. The highest BCUT2D eigenvalue weighted by Gasteiger charge is 2.53. The Bertz CT molecular complexity index is 1630. The Balaban J connectivity index is 1.73. The number of thiocarbonyl (C=S) groups is 1. The lowest BCUT2D eigenvalue weighted by Crippen LogP contribution is -2.60. The van der Waals surface area contributed by atoms with Crippen molar-refractivity contribution in [2.75, 3.05) is 47.4 Å². The van der Waals surface area contributed by atoms with Gasteiger partial charge in [0.15, 0.2) is 17.7 Å². The predicted octanol–water partition coefficient (Wildman–Crippen LogP) is 2.98. The molecule has 18 atom stereocenters. The molecule has 0 radical (unpaired) electrons. The summed E-state index contributed by atoms with van der Waals surface area (Å²) in [4.78, 5) is 18.5. The van der Waals surface area contributed by atoms with Crippen LogP contribution in [0.1, 0.15) is 100 Å². The Morgan fingerprint density at radius 3 is 2.20 bits per heavy atom. The molecule has 4 rings (SSSR count). The van der Waals surface area contributed by atoms with Gasteiger partial charge in [-0.05, 0) is 112 Å². The van der Waals surface area contributed by atoms with Gasteiger partial charge in [-0.25, -0.2) is 0 Å². The number of carbonyl (C=O) groups is 1. The fraction of sp³-hybridized carbons (Fsp3) is 0.833. The molecule has 0 unspecified atom stereocenters. The van der Waals surface area contributed by atoms with E-state index in [9.17, 15) is 30.3 Å². The second kappa shape index (κ2) is 24.0. The van der Waals surface area contributed by atoms with Crippen LogP contribution in [0.25, 0.3) is 0 Å². The molecule has 0 aromatic heterocycles. The van der Waals surface area contributed by atoms with Crippen molar-refractivity contribution in [3.63, 3.8) is 0 Å². The first-order valence-electron chi connectivity index (χ1n) is 23.7. The smallest absolute Gasteiger partial charge is 0.311 e. The molecule has 3 fully saturated rings. The molecule has 16 nitrogen and oxygen atoms in total. The van der Waals surface area contributed by atoms with E-state index in [1.54, 1.807) is 34.6 Å². The van der Waals surface area contributed by atoms with E-state index in [0.717, 1.165) is 6.42 Å². The highest BCUT2D eigenvalue weighted by atomic mass is 32.1. The van der Waals surface area contributed by atoms with Gasteiger partial charge >= 0.3 is 5.97 Å². The lowest BCUT2D eigenvalue weighted by atomic mass is 9.77. The summed E-state index contributed by atoms with van der Waals surface area (Å²) in [6, 6.07) is 9.17. The number of rotatable bonds is 13. The van der Waals surface area contributed by atoms with Gasteiger partial charge in [-0.1, -0.05) is 51.1 Å². The minimum Gasteiger partial charge on any atom is -0.459 e. The molecule has 0 bridgehead atoms. The van der Waals surface area contributed by atoms with Crippen LogP contribution < -0.4 is 10.6 Å². The summed E-state index contributed by atoms with van der Waals surface area (Å²) in [6.45, 7) is 19.5. The van der Waals surface area contributed by atoms with Crippen LogP contribution in [0.5, 0.6) is 0 Å². The number of hydrogen-bond donors (Lipinski definition) is 7. The zero-order valence-corrected chi connectivity index (χ0v) is 42.1. The first kappa shape index (κ1) is 55.5. The molecule has 3 aliphatic rings. The molecule has 0 saturated carbocycles. The number of nitrogens with zero attached hydrogens (tertiary/aromatic N) is 2. The van der Waals surface area contributed by atoms with E-state index in [4.69, 9.17) is 40.6 Å². The van der Waals surface area contributed by atoms with E-state index in [0.29, 0.717) is 37.7 Å². The number of aliphatic hydroxyl groups is 5. The molecule has 0 spiro atoms. The van der Waals surface area contributed by atoms with Crippen molar-refractivity contribution in [3.8, 4) is 0 Å². The first-order valence-corrected chi connectivity index (χ1v) is 24.1. The minimum absolute atomic E-state index is 0.112. The maximum Gasteiger partial charge on any atom is 0.311 e. The number of methoxy groups -OCH3 is 1. The summed E-state index contributed by atoms with van der Waals surface area (Å²) in [6.07, 6.45) is -7.98. The van der Waals surface area contributed by atoms with Crippen molar-refractivity contribution in [3.05, 3.63) is 35.9 Å². The molecule has 17 heteroatoms. The molecule has 0 aliphatic carbocycles. The number of ether oxygens (including phenoxy) is 6. The fourth-order valence-electron chi connectivity index (χ4n) is 10.2. The number of esters is 1. The SMILES string of the molecule is CC[C@H]1OC(=O)[C@H](C)[C@@H](O[C@@H]2C[C@@](C)(OC)[C@@H](O)[C@H](C)O2)[C@H](C)[C@@H](O[C@@H]2O[C@H](C)C[C@H](N(C)C)[C@H]2O)[C@](C)(O)C[C@@H](C)CN(CCNC(=S)NCCc2ccccc2)[C@H](C)[C@@H](O)[C@]1(C)O. The topological polar surface area (TPSA) is 204 Å². The highest BCUT2D eigenvalue weighted by Crippen LogP contribution is 2.40. The van der Waals surface area contributed by atoms with Gasteiger partial charge in [0.1, 0.15) is 30.0 Å². The van der Waals surface area contributed by atoms with Crippen molar-refractivity contribution in [2.45, 2.75) is 192 Å². The second-order valence-corrected chi connectivity index (χ2v) is 20.5. The molecule has 374 valence electrons. The first-order chi connectivity index (χ1) is 30.4. The van der Waals surface area contributed by atoms with Gasteiger partial charge in [-0.15, -0.1) is 0 Å². The van der Waals surface area contributed by atoms with E-state index in [1.165, 1.54) is 19.6 Å². The van der Waals surface area contributed by atoms with Crippen molar-refractivity contribution >= 4 is 23.3 Å². The fourth-order valence-corrected chi connectivity index (χ4v) is 10.4. The molecule has 1 aromatic carbocycles. The lowest BCUT2D eigenvalue weighted by Gasteiger charge is -2.48. The maximum absolute atomic E-state index is 14.5. The summed E-state index contributed by atoms with van der Waals surface area (Å²) in [5.41, 5.74) is -3.38. The number of hydrogen-bond acceptors (Lipinski definition) is 15. The van der Waals surface area contributed by atoms with Crippen molar-refractivity contribution in [1.29, 1.82) is 0 Å². The Morgan fingerprint density at radius 2 is 1.58 bits per heavy atom. The van der Waals surface area contributed by atoms with Crippen LogP contribution in [0.4, 0.5) is 0 Å². The van der Waals surface area contributed by atoms with Crippen LogP contribution in [0.15, 0.2) is 30.3 Å². The molecule has 3 saturated heterocycles. The van der Waals surface area contributed by atoms with E-state index < -0.39 is 96.0 Å². The van der Waals surface area contributed by atoms with Gasteiger partial charge in [-0.2, -0.15) is 0 Å². The van der Waals surface area contributed by atoms with Gasteiger partial charge in [0.25, 0.3) is 0 Å². The van der Waals surface area contributed by atoms with Crippen LogP contribution in [0.2, 0.25) is 0 Å². The largest absolute Gasteiger partial charge is 0.459 e. The zero-order chi connectivity index (χ0) is 48.6. The van der Waals surface area contributed by atoms with Crippen molar-refractivity contribution in [1.82, 2.24) is 20.4 Å². The van der Waals surface area contributed by atoms with Crippen LogP contribution in [0.3, 0.4) is 0 Å². The monoisotopic (exact) mass is 941 g/mol. The summed E-state index contributed by atoms with van der Waals surface area (Å²) < 4.78 is 38.1. The Labute approximate surface area is 394 Å².